The van der Waals surface area contributed by atoms with Gasteiger partial charge in [-0.3, -0.25) is 4.79 Å². The van der Waals surface area contributed by atoms with Crippen molar-refractivity contribution in [3.63, 3.8) is 0 Å². The Bertz CT molecular complexity index is 533. The summed E-state index contributed by atoms with van der Waals surface area (Å²) in [5, 5.41) is 18.3. The lowest BCUT2D eigenvalue weighted by Gasteiger charge is -1.95. The maximum atomic E-state index is 10.9. The summed E-state index contributed by atoms with van der Waals surface area (Å²) < 4.78 is 0. The molecule has 0 fully saturated rings. The number of aromatic amines is 1. The lowest BCUT2D eigenvalue weighted by Crippen LogP contribution is -2.15. The van der Waals surface area contributed by atoms with E-state index in [0.717, 1.165) is 0 Å². The van der Waals surface area contributed by atoms with E-state index in [4.69, 9.17) is 5.11 Å². The molecule has 0 spiro atoms. The highest BCUT2D eigenvalue weighted by molar-refractivity contribution is 6.33. The van der Waals surface area contributed by atoms with E-state index in [0.29, 0.717) is 16.7 Å². The summed E-state index contributed by atoms with van der Waals surface area (Å²) >= 11 is 0. The number of aliphatic carboxylic acids is 1. The summed E-state index contributed by atoms with van der Waals surface area (Å²) in [5.74, 6) is -2.32. The number of rotatable bonds is 3. The molecule has 0 atom stereocenters. The van der Waals surface area contributed by atoms with Crippen LogP contribution in [0, 0.1) is 0 Å². The Morgan fingerprint density at radius 1 is 1.40 bits per heavy atom. The van der Waals surface area contributed by atoms with E-state index >= 15 is 0 Å². The van der Waals surface area contributed by atoms with E-state index in [1.165, 1.54) is 6.20 Å². The number of carbonyl (C=O) groups is 2. The smallest absolute Gasteiger partial charge is 0.372 e. The fourth-order valence-corrected chi connectivity index (χ4v) is 1.14. The van der Waals surface area contributed by atoms with Crippen molar-refractivity contribution < 1.29 is 14.7 Å². The Morgan fingerprint density at radius 2 is 2.20 bits per heavy atom. The van der Waals surface area contributed by atoms with Crippen molar-refractivity contribution in [3.8, 4) is 0 Å². The van der Waals surface area contributed by atoms with Gasteiger partial charge in [0, 0.05) is 12.6 Å². The minimum atomic E-state index is -1.45. The van der Waals surface area contributed by atoms with Crippen LogP contribution in [0.4, 0.5) is 0 Å². The number of carboxylic acids is 1. The molecule has 15 heavy (non-hydrogen) atoms. The largest absolute Gasteiger partial charge is 0.475 e. The topological polar surface area (TPSA) is 109 Å². The first kappa shape index (κ1) is 9.25. The van der Waals surface area contributed by atoms with Crippen LogP contribution in [0.15, 0.2) is 12.3 Å². The van der Waals surface area contributed by atoms with Gasteiger partial charge in [0.25, 0.3) is 0 Å². The molecular formula is C8H6N4O3. The van der Waals surface area contributed by atoms with Crippen molar-refractivity contribution in [2.24, 2.45) is 0 Å². The second-order valence-corrected chi connectivity index (χ2v) is 2.92. The third kappa shape index (κ3) is 1.80. The first-order valence-electron chi connectivity index (χ1n) is 4.08. The Hall–Kier alpha value is -2.31. The molecule has 7 nitrogen and oxygen atoms in total. The number of fused-ring (bicyclic) bond motifs is 1. The van der Waals surface area contributed by atoms with Gasteiger partial charge in [-0.15, -0.1) is 5.10 Å². The van der Waals surface area contributed by atoms with Crippen LogP contribution in [-0.2, 0) is 16.0 Å². The Labute approximate surface area is 83.1 Å². The number of hydrogen-bond acceptors (Lipinski definition) is 5. The number of nitrogens with one attached hydrogen (secondary N) is 1. The number of carboxylic acid groups (broad SMARTS) is 1. The predicted octanol–water partition coefficient (Wildman–Crippen LogP) is -0.451. The minimum Gasteiger partial charge on any atom is -0.475 e. The fourth-order valence-electron chi connectivity index (χ4n) is 1.14. The molecule has 0 unspecified atom stereocenters. The molecule has 0 aliphatic heterocycles. The van der Waals surface area contributed by atoms with E-state index < -0.39 is 11.8 Å². The maximum Gasteiger partial charge on any atom is 0.372 e. The van der Waals surface area contributed by atoms with Crippen molar-refractivity contribution in [1.29, 1.82) is 0 Å². The zero-order valence-corrected chi connectivity index (χ0v) is 7.47. The van der Waals surface area contributed by atoms with Crippen molar-refractivity contribution >= 4 is 22.9 Å². The van der Waals surface area contributed by atoms with Crippen LogP contribution >= 0.6 is 0 Å². The molecule has 0 bridgehead atoms. The number of hydrogen-bond donors (Lipinski definition) is 2. The quantitative estimate of drug-likeness (QED) is 0.658. The van der Waals surface area contributed by atoms with Gasteiger partial charge in [0.15, 0.2) is 0 Å². The molecule has 0 radical (unpaired) electrons. The second-order valence-electron chi connectivity index (χ2n) is 2.92. The fraction of sp³-hybridized carbons (Fsp3) is 0.125. The Balaban J connectivity index is 2.28. The van der Waals surface area contributed by atoms with Crippen LogP contribution < -0.4 is 0 Å². The molecule has 0 saturated heterocycles. The van der Waals surface area contributed by atoms with Gasteiger partial charge in [-0.2, -0.15) is 10.3 Å². The van der Waals surface area contributed by atoms with Gasteiger partial charge in [0.05, 0.1) is 0 Å². The van der Waals surface area contributed by atoms with Crippen LogP contribution in [0.1, 0.15) is 5.56 Å². The van der Waals surface area contributed by atoms with Gasteiger partial charge in [-0.05, 0) is 11.6 Å². The molecule has 0 amide bonds. The molecule has 0 aliphatic rings. The number of aromatic nitrogens is 4. The number of Topliss-reactive ketones (excluding diaryl/α,β-unsaturated/α-hetero) is 1. The molecular weight excluding hydrogens is 200 g/mol. The normalized spacial score (nSPS) is 10.4. The first-order chi connectivity index (χ1) is 7.16. The Morgan fingerprint density at radius 3 is 2.93 bits per heavy atom. The minimum absolute atomic E-state index is 0.189. The average molecular weight is 206 g/mol. The van der Waals surface area contributed by atoms with Crippen molar-refractivity contribution in [3.05, 3.63) is 17.8 Å². The van der Waals surface area contributed by atoms with Crippen molar-refractivity contribution in [2.75, 3.05) is 0 Å². The summed E-state index contributed by atoms with van der Waals surface area (Å²) in [6.07, 6.45) is 1.22. The number of H-pyrrole nitrogens is 1. The van der Waals surface area contributed by atoms with Gasteiger partial charge in [0.2, 0.25) is 11.4 Å². The van der Waals surface area contributed by atoms with Crippen LogP contribution in [-0.4, -0.2) is 37.3 Å². The molecule has 7 heteroatoms. The lowest BCUT2D eigenvalue weighted by molar-refractivity contribution is -0.148. The highest BCUT2D eigenvalue weighted by Crippen LogP contribution is 2.07. The molecule has 2 aromatic heterocycles. The van der Waals surface area contributed by atoms with E-state index in [1.54, 1.807) is 6.07 Å². The molecule has 0 aromatic carbocycles. The predicted molar refractivity (Wildman–Crippen MR) is 48.0 cm³/mol. The van der Waals surface area contributed by atoms with E-state index in [9.17, 15) is 9.59 Å². The summed E-state index contributed by atoms with van der Waals surface area (Å²) in [4.78, 5) is 25.1. The van der Waals surface area contributed by atoms with E-state index in [-0.39, 0.29) is 6.42 Å². The van der Waals surface area contributed by atoms with Crippen molar-refractivity contribution in [2.45, 2.75) is 6.42 Å². The highest BCUT2D eigenvalue weighted by atomic mass is 16.4. The van der Waals surface area contributed by atoms with Gasteiger partial charge >= 0.3 is 5.97 Å². The van der Waals surface area contributed by atoms with Crippen LogP contribution in [0.2, 0.25) is 0 Å². The van der Waals surface area contributed by atoms with E-state index in [2.05, 4.69) is 20.4 Å². The molecule has 2 aromatic rings. The third-order valence-electron chi connectivity index (χ3n) is 1.83. The first-order valence-corrected chi connectivity index (χ1v) is 4.08. The number of carbonyl (C=O) groups excluding carboxylic acids is 1. The van der Waals surface area contributed by atoms with Crippen LogP contribution in [0.3, 0.4) is 0 Å². The third-order valence-corrected chi connectivity index (χ3v) is 1.83. The van der Waals surface area contributed by atoms with Crippen LogP contribution in [0.5, 0.6) is 0 Å². The molecule has 2 heterocycles. The second kappa shape index (κ2) is 3.45. The molecule has 0 aliphatic carbocycles. The summed E-state index contributed by atoms with van der Waals surface area (Å²) in [5.41, 5.74) is 1.44. The van der Waals surface area contributed by atoms with E-state index in [1.807, 2.05) is 0 Å². The molecule has 76 valence electrons. The molecule has 2 rings (SSSR count). The summed E-state index contributed by atoms with van der Waals surface area (Å²) in [6.45, 7) is 0. The number of pyridine rings is 1. The summed E-state index contributed by atoms with van der Waals surface area (Å²) in [7, 11) is 0. The lowest BCUT2D eigenvalue weighted by atomic mass is 10.1. The monoisotopic (exact) mass is 206 g/mol. The average Bonchev–Trinajstić information content (AvgIpc) is 2.64. The Kier molecular flexibility index (Phi) is 2.13. The SMILES string of the molecule is O=C(O)C(=O)Cc1cnc2n[nH]nc2c1. The molecule has 0 saturated carbocycles. The van der Waals surface area contributed by atoms with Gasteiger partial charge in [0.1, 0.15) is 5.52 Å². The van der Waals surface area contributed by atoms with Gasteiger partial charge in [-0.25, -0.2) is 9.78 Å². The standard InChI is InChI=1S/C8H6N4O3/c13-6(8(14)15)2-4-1-5-7(9-3-4)11-12-10-5/h1,3H,2H2,(H,14,15)(H,9,10,11,12). The molecule has 2 N–H and O–H groups in total. The highest BCUT2D eigenvalue weighted by Gasteiger charge is 2.13. The van der Waals surface area contributed by atoms with Crippen LogP contribution in [0.25, 0.3) is 11.2 Å². The summed E-state index contributed by atoms with van der Waals surface area (Å²) in [6, 6.07) is 1.58. The number of nitrogens with zero attached hydrogens (tertiary/aromatic N) is 3. The van der Waals surface area contributed by atoms with Gasteiger partial charge < -0.3 is 5.11 Å². The maximum absolute atomic E-state index is 10.9. The van der Waals surface area contributed by atoms with Crippen molar-refractivity contribution in [1.82, 2.24) is 20.4 Å². The number of ketones is 1. The zero-order valence-electron chi connectivity index (χ0n) is 7.47. The zero-order chi connectivity index (χ0) is 10.8. The van der Waals surface area contributed by atoms with Gasteiger partial charge in [-0.1, -0.05) is 0 Å².